The van der Waals surface area contributed by atoms with Crippen LogP contribution in [0.5, 0.6) is 0 Å². The molecule has 2 atom stereocenters. The summed E-state index contributed by atoms with van der Waals surface area (Å²) in [4.78, 5) is 2.32. The molecule has 0 saturated heterocycles. The van der Waals surface area contributed by atoms with E-state index in [1.165, 1.54) is 24.1 Å². The molecule has 2 heteroatoms. The van der Waals surface area contributed by atoms with Crippen molar-refractivity contribution in [2.45, 2.75) is 38.8 Å². The van der Waals surface area contributed by atoms with Gasteiger partial charge >= 0.3 is 0 Å². The lowest BCUT2D eigenvalue weighted by atomic mass is 9.99. The molecular weight excluding hydrogens is 186 g/mol. The van der Waals surface area contributed by atoms with Gasteiger partial charge in [-0.3, -0.25) is 0 Å². The summed E-state index contributed by atoms with van der Waals surface area (Å²) in [6.07, 6.45) is 2.07. The normalized spacial score (nSPS) is 19.5. The maximum atomic E-state index is 9.66. The second-order valence-electron chi connectivity index (χ2n) is 4.41. The van der Waals surface area contributed by atoms with Gasteiger partial charge in [-0.15, -0.1) is 0 Å². The molecule has 0 fully saturated rings. The highest BCUT2D eigenvalue weighted by atomic mass is 16.3. The average Bonchev–Trinajstić information content (AvgIpc) is 2.27. The number of aryl methyl sites for hydroxylation is 1. The lowest BCUT2D eigenvalue weighted by Crippen LogP contribution is -2.43. The Labute approximate surface area is 91.5 Å². The molecule has 1 N–H and O–H groups in total. The summed E-state index contributed by atoms with van der Waals surface area (Å²) in [5.74, 6) is 0. The zero-order valence-corrected chi connectivity index (χ0v) is 9.48. The topological polar surface area (TPSA) is 23.5 Å². The first-order valence-corrected chi connectivity index (χ1v) is 5.73. The molecule has 1 aromatic carbocycles. The van der Waals surface area contributed by atoms with E-state index in [0.717, 1.165) is 6.54 Å². The molecule has 0 amide bonds. The van der Waals surface area contributed by atoms with Gasteiger partial charge < -0.3 is 10.0 Å². The fourth-order valence-electron chi connectivity index (χ4n) is 2.25. The predicted molar refractivity (Wildman–Crippen MR) is 63.3 cm³/mol. The molecule has 0 saturated carbocycles. The van der Waals surface area contributed by atoms with Gasteiger partial charge in [0.1, 0.15) is 0 Å². The SMILES string of the molecule is CC(O)C(C)N1CCCc2ccccc21. The number of hydrogen-bond acceptors (Lipinski definition) is 2. The predicted octanol–water partition coefficient (Wildman–Crippen LogP) is 2.21. The lowest BCUT2D eigenvalue weighted by Gasteiger charge is -2.37. The van der Waals surface area contributed by atoms with Gasteiger partial charge in [-0.1, -0.05) is 18.2 Å². The van der Waals surface area contributed by atoms with Crippen LogP contribution < -0.4 is 4.90 Å². The largest absolute Gasteiger partial charge is 0.391 e. The van der Waals surface area contributed by atoms with Crippen molar-refractivity contribution < 1.29 is 5.11 Å². The van der Waals surface area contributed by atoms with Crippen molar-refractivity contribution in [1.29, 1.82) is 0 Å². The van der Waals surface area contributed by atoms with Crippen molar-refractivity contribution in [2.24, 2.45) is 0 Å². The third-order valence-electron chi connectivity index (χ3n) is 3.34. The van der Waals surface area contributed by atoms with Gasteiger partial charge in [0.15, 0.2) is 0 Å². The summed E-state index contributed by atoms with van der Waals surface area (Å²) in [6, 6.07) is 8.72. The fourth-order valence-corrected chi connectivity index (χ4v) is 2.25. The summed E-state index contributed by atoms with van der Waals surface area (Å²) < 4.78 is 0. The fraction of sp³-hybridized carbons (Fsp3) is 0.538. The Kier molecular flexibility index (Phi) is 2.96. The van der Waals surface area contributed by atoms with E-state index in [9.17, 15) is 5.11 Å². The van der Waals surface area contributed by atoms with Gasteiger partial charge in [-0.25, -0.2) is 0 Å². The van der Waals surface area contributed by atoms with Crippen LogP contribution in [0.2, 0.25) is 0 Å². The summed E-state index contributed by atoms with van der Waals surface area (Å²) in [7, 11) is 0. The summed E-state index contributed by atoms with van der Waals surface area (Å²) in [5.41, 5.74) is 2.72. The van der Waals surface area contributed by atoms with Crippen LogP contribution in [0.25, 0.3) is 0 Å². The minimum atomic E-state index is -0.281. The van der Waals surface area contributed by atoms with Crippen molar-refractivity contribution in [3.63, 3.8) is 0 Å². The van der Waals surface area contributed by atoms with Gasteiger partial charge in [0.2, 0.25) is 0 Å². The first-order valence-electron chi connectivity index (χ1n) is 5.73. The number of para-hydroxylation sites is 1. The van der Waals surface area contributed by atoms with Crippen LogP contribution in [-0.4, -0.2) is 23.8 Å². The van der Waals surface area contributed by atoms with E-state index in [1.807, 2.05) is 6.92 Å². The van der Waals surface area contributed by atoms with Gasteiger partial charge in [0.25, 0.3) is 0 Å². The van der Waals surface area contributed by atoms with Crippen LogP contribution in [0.15, 0.2) is 24.3 Å². The molecule has 0 bridgehead atoms. The van der Waals surface area contributed by atoms with Gasteiger partial charge in [-0.05, 0) is 38.3 Å². The summed E-state index contributed by atoms with van der Waals surface area (Å²) >= 11 is 0. The average molecular weight is 205 g/mol. The van der Waals surface area contributed by atoms with Crippen LogP contribution in [-0.2, 0) is 6.42 Å². The molecule has 0 aromatic heterocycles. The van der Waals surface area contributed by atoms with Gasteiger partial charge in [0.05, 0.1) is 12.1 Å². The number of aliphatic hydroxyl groups excluding tert-OH is 1. The van der Waals surface area contributed by atoms with Crippen molar-refractivity contribution >= 4 is 5.69 Å². The molecule has 82 valence electrons. The molecule has 2 nitrogen and oxygen atoms in total. The first kappa shape index (κ1) is 10.5. The van der Waals surface area contributed by atoms with E-state index in [4.69, 9.17) is 0 Å². The highest BCUT2D eigenvalue weighted by Gasteiger charge is 2.23. The van der Waals surface area contributed by atoms with E-state index < -0.39 is 0 Å². The highest BCUT2D eigenvalue weighted by Crippen LogP contribution is 2.28. The molecule has 1 aliphatic rings. The molecule has 1 aliphatic heterocycles. The number of fused-ring (bicyclic) bond motifs is 1. The zero-order chi connectivity index (χ0) is 10.8. The van der Waals surface area contributed by atoms with Crippen molar-refractivity contribution in [3.05, 3.63) is 29.8 Å². The van der Waals surface area contributed by atoms with E-state index in [2.05, 4.69) is 36.1 Å². The molecular formula is C13H19NO. The Balaban J connectivity index is 2.29. The molecule has 15 heavy (non-hydrogen) atoms. The van der Waals surface area contributed by atoms with Crippen LogP contribution in [0.3, 0.4) is 0 Å². The maximum absolute atomic E-state index is 9.66. The van der Waals surface area contributed by atoms with E-state index in [1.54, 1.807) is 0 Å². The molecule has 2 unspecified atom stereocenters. The van der Waals surface area contributed by atoms with E-state index in [0.29, 0.717) is 0 Å². The zero-order valence-electron chi connectivity index (χ0n) is 9.48. The third kappa shape index (κ3) is 2.00. The number of rotatable bonds is 2. The van der Waals surface area contributed by atoms with Gasteiger partial charge in [0, 0.05) is 12.2 Å². The minimum Gasteiger partial charge on any atom is -0.391 e. The molecule has 0 radical (unpaired) electrons. The molecule has 0 aliphatic carbocycles. The van der Waals surface area contributed by atoms with Crippen molar-refractivity contribution in [1.82, 2.24) is 0 Å². The van der Waals surface area contributed by atoms with E-state index >= 15 is 0 Å². The lowest BCUT2D eigenvalue weighted by molar-refractivity contribution is 0.164. The number of nitrogens with zero attached hydrogens (tertiary/aromatic N) is 1. The molecule has 2 rings (SSSR count). The van der Waals surface area contributed by atoms with Crippen LogP contribution >= 0.6 is 0 Å². The molecule has 0 spiro atoms. The number of anilines is 1. The number of hydrogen-bond donors (Lipinski definition) is 1. The monoisotopic (exact) mass is 205 g/mol. The number of aliphatic hydroxyl groups is 1. The van der Waals surface area contributed by atoms with Gasteiger partial charge in [-0.2, -0.15) is 0 Å². The van der Waals surface area contributed by atoms with Crippen LogP contribution in [0, 0.1) is 0 Å². The summed E-state index contributed by atoms with van der Waals surface area (Å²) in [6.45, 7) is 5.01. The minimum absolute atomic E-state index is 0.200. The Morgan fingerprint density at radius 3 is 2.73 bits per heavy atom. The third-order valence-corrected chi connectivity index (χ3v) is 3.34. The summed E-state index contributed by atoms with van der Waals surface area (Å²) in [5, 5.41) is 9.66. The molecule has 1 aromatic rings. The quantitative estimate of drug-likeness (QED) is 0.800. The first-order chi connectivity index (χ1) is 7.20. The number of benzene rings is 1. The molecule has 1 heterocycles. The van der Waals surface area contributed by atoms with Crippen molar-refractivity contribution in [2.75, 3.05) is 11.4 Å². The van der Waals surface area contributed by atoms with Crippen LogP contribution in [0.1, 0.15) is 25.8 Å². The Hall–Kier alpha value is -1.02. The second-order valence-corrected chi connectivity index (χ2v) is 4.41. The second kappa shape index (κ2) is 4.23. The Bertz CT molecular complexity index is 335. The highest BCUT2D eigenvalue weighted by molar-refractivity contribution is 5.56. The standard InChI is InChI=1S/C13H19NO/c1-10(11(2)15)14-9-5-7-12-6-3-4-8-13(12)14/h3-4,6,8,10-11,15H,5,7,9H2,1-2H3. The van der Waals surface area contributed by atoms with E-state index in [-0.39, 0.29) is 12.1 Å². The van der Waals surface area contributed by atoms with Crippen LogP contribution in [0.4, 0.5) is 5.69 Å². The Morgan fingerprint density at radius 1 is 1.27 bits per heavy atom. The smallest absolute Gasteiger partial charge is 0.0712 e. The maximum Gasteiger partial charge on any atom is 0.0712 e. The van der Waals surface area contributed by atoms with Crippen molar-refractivity contribution in [3.8, 4) is 0 Å². The Morgan fingerprint density at radius 2 is 2.00 bits per heavy atom.